The normalized spacial score (nSPS) is 11.3. The molecule has 0 radical (unpaired) electrons. The Bertz CT molecular complexity index is 989. The molecular weight excluding hydrogens is 501 g/mol. The zero-order chi connectivity index (χ0) is 21.5. The van der Waals surface area contributed by atoms with Crippen molar-refractivity contribution in [3.63, 3.8) is 0 Å². The second-order valence-electron chi connectivity index (χ2n) is 7.52. The van der Waals surface area contributed by atoms with E-state index in [0.717, 1.165) is 54.7 Å². The maximum absolute atomic E-state index is 4.75. The third-order valence-electron chi connectivity index (χ3n) is 5.34. The zero-order valence-electron chi connectivity index (χ0n) is 19.1. The minimum atomic E-state index is 0. The Morgan fingerprint density at radius 1 is 1.03 bits per heavy atom. The molecule has 2 heterocycles. The summed E-state index contributed by atoms with van der Waals surface area (Å²) in [6.07, 6.45) is 4.13. The van der Waals surface area contributed by atoms with E-state index in [1.165, 1.54) is 11.1 Å². The van der Waals surface area contributed by atoms with Gasteiger partial charge in [-0.05, 0) is 58.2 Å². The second kappa shape index (κ2) is 11.9. The number of para-hydroxylation sites is 1. The van der Waals surface area contributed by atoms with Crippen LogP contribution in [0.2, 0.25) is 0 Å². The van der Waals surface area contributed by atoms with E-state index in [2.05, 4.69) is 59.9 Å². The topological polar surface area (TPSA) is 72.1 Å². The Morgan fingerprint density at radius 3 is 2.42 bits per heavy atom. The van der Waals surface area contributed by atoms with Crippen LogP contribution < -0.4 is 10.6 Å². The summed E-state index contributed by atoms with van der Waals surface area (Å²) in [4.78, 5) is 4.75. The van der Waals surface area contributed by atoms with Crippen molar-refractivity contribution < 1.29 is 0 Å². The second-order valence-corrected chi connectivity index (χ2v) is 7.52. The molecule has 0 saturated heterocycles. The number of nitrogens with zero attached hydrogens (tertiary/aromatic N) is 5. The predicted molar refractivity (Wildman–Crippen MR) is 138 cm³/mol. The summed E-state index contributed by atoms with van der Waals surface area (Å²) in [5.74, 6) is 0.844. The van der Waals surface area contributed by atoms with Crippen LogP contribution in [0.25, 0.3) is 5.69 Å². The van der Waals surface area contributed by atoms with E-state index < -0.39 is 0 Å². The Balaban J connectivity index is 0.00000341. The van der Waals surface area contributed by atoms with E-state index in [4.69, 9.17) is 4.99 Å². The van der Waals surface area contributed by atoms with Crippen LogP contribution in [0.3, 0.4) is 0 Å². The van der Waals surface area contributed by atoms with Crippen LogP contribution in [0.15, 0.2) is 41.5 Å². The fraction of sp³-hybridized carbons (Fsp3) is 0.435. The molecule has 31 heavy (non-hydrogen) atoms. The van der Waals surface area contributed by atoms with Gasteiger partial charge < -0.3 is 10.6 Å². The maximum atomic E-state index is 4.75. The van der Waals surface area contributed by atoms with Gasteiger partial charge in [0, 0.05) is 37.6 Å². The number of nitrogens with one attached hydrogen (secondary N) is 2. The average molecular weight is 535 g/mol. The molecule has 0 aliphatic heterocycles. The highest BCUT2D eigenvalue weighted by molar-refractivity contribution is 14.0. The molecule has 0 atom stereocenters. The van der Waals surface area contributed by atoms with Crippen LogP contribution in [0.5, 0.6) is 0 Å². The van der Waals surface area contributed by atoms with Crippen molar-refractivity contribution >= 4 is 29.9 Å². The maximum Gasteiger partial charge on any atom is 0.191 e. The van der Waals surface area contributed by atoms with Crippen molar-refractivity contribution in [3.8, 4) is 5.69 Å². The lowest BCUT2D eigenvalue weighted by molar-refractivity contribution is 0.729. The third kappa shape index (κ3) is 6.56. The summed E-state index contributed by atoms with van der Waals surface area (Å²) < 4.78 is 3.88. The highest BCUT2D eigenvalue weighted by atomic mass is 127. The van der Waals surface area contributed by atoms with E-state index in [1.54, 1.807) is 0 Å². The van der Waals surface area contributed by atoms with Crippen LogP contribution in [0.4, 0.5) is 0 Å². The average Bonchev–Trinajstić information content (AvgIpc) is 3.23. The molecule has 0 spiro atoms. The third-order valence-corrected chi connectivity index (χ3v) is 5.34. The van der Waals surface area contributed by atoms with Crippen LogP contribution in [0, 0.1) is 20.8 Å². The number of aromatic nitrogens is 4. The molecule has 168 valence electrons. The molecule has 2 aromatic heterocycles. The van der Waals surface area contributed by atoms with Crippen LogP contribution in [0.1, 0.15) is 41.6 Å². The minimum Gasteiger partial charge on any atom is -0.357 e. The largest absolute Gasteiger partial charge is 0.357 e. The zero-order valence-corrected chi connectivity index (χ0v) is 21.5. The van der Waals surface area contributed by atoms with Crippen molar-refractivity contribution in [1.82, 2.24) is 30.2 Å². The van der Waals surface area contributed by atoms with Gasteiger partial charge in [0.05, 0.1) is 23.6 Å². The Kier molecular flexibility index (Phi) is 9.54. The van der Waals surface area contributed by atoms with Crippen LogP contribution in [-0.2, 0) is 20.0 Å². The Hall–Kier alpha value is -2.36. The quantitative estimate of drug-likeness (QED) is 0.199. The van der Waals surface area contributed by atoms with Crippen molar-refractivity contribution in [3.05, 3.63) is 64.7 Å². The summed E-state index contributed by atoms with van der Waals surface area (Å²) in [6.45, 7) is 10.6. The summed E-state index contributed by atoms with van der Waals surface area (Å²) in [5, 5.41) is 15.9. The molecular formula is C23H34IN7. The van der Waals surface area contributed by atoms with Gasteiger partial charge in [-0.1, -0.05) is 18.2 Å². The van der Waals surface area contributed by atoms with Gasteiger partial charge in [-0.25, -0.2) is 9.67 Å². The number of hydrogen-bond acceptors (Lipinski definition) is 3. The van der Waals surface area contributed by atoms with Crippen LogP contribution >= 0.6 is 24.0 Å². The van der Waals surface area contributed by atoms with Gasteiger partial charge in [-0.15, -0.1) is 24.0 Å². The lowest BCUT2D eigenvalue weighted by atomic mass is 10.1. The van der Waals surface area contributed by atoms with Gasteiger partial charge in [-0.2, -0.15) is 10.2 Å². The number of halogens is 1. The standard InChI is InChI=1S/C23H33N7.HI/c1-6-24-23(26-15-22-18(3)27-29(5)19(22)4)25-14-10-11-20-16-30(28-17(20)2)21-12-8-7-9-13-21;/h7-9,12-13,16H,6,10-11,14-15H2,1-5H3,(H2,24,25,26);1H. The molecule has 0 saturated carbocycles. The highest BCUT2D eigenvalue weighted by Crippen LogP contribution is 2.14. The summed E-state index contributed by atoms with van der Waals surface area (Å²) in [5.41, 5.74) is 6.86. The van der Waals surface area contributed by atoms with Gasteiger partial charge >= 0.3 is 0 Å². The molecule has 0 bridgehead atoms. The molecule has 0 aliphatic rings. The predicted octanol–water partition coefficient (Wildman–Crippen LogP) is 3.84. The number of rotatable bonds is 8. The molecule has 3 aromatic rings. The van der Waals surface area contributed by atoms with E-state index in [-0.39, 0.29) is 24.0 Å². The van der Waals surface area contributed by atoms with E-state index in [0.29, 0.717) is 6.54 Å². The lowest BCUT2D eigenvalue weighted by Crippen LogP contribution is -2.37. The van der Waals surface area contributed by atoms with Gasteiger partial charge in [0.25, 0.3) is 0 Å². The van der Waals surface area contributed by atoms with Crippen molar-refractivity contribution in [2.45, 2.75) is 47.1 Å². The first kappa shape index (κ1) is 24.9. The monoisotopic (exact) mass is 535 g/mol. The summed E-state index contributed by atoms with van der Waals surface area (Å²) >= 11 is 0. The molecule has 3 rings (SSSR count). The van der Waals surface area contributed by atoms with Crippen LogP contribution in [-0.4, -0.2) is 38.6 Å². The van der Waals surface area contributed by atoms with Gasteiger partial charge in [0.1, 0.15) is 0 Å². The first-order valence-corrected chi connectivity index (χ1v) is 10.6. The van der Waals surface area contributed by atoms with E-state index in [9.17, 15) is 0 Å². The van der Waals surface area contributed by atoms with Gasteiger partial charge in [0.15, 0.2) is 5.96 Å². The fourth-order valence-electron chi connectivity index (χ4n) is 3.49. The van der Waals surface area contributed by atoms with Crippen molar-refractivity contribution in [1.29, 1.82) is 0 Å². The van der Waals surface area contributed by atoms with E-state index >= 15 is 0 Å². The number of benzene rings is 1. The molecule has 8 heteroatoms. The first-order chi connectivity index (χ1) is 14.5. The molecule has 0 amide bonds. The minimum absolute atomic E-state index is 0. The first-order valence-electron chi connectivity index (χ1n) is 10.6. The van der Waals surface area contributed by atoms with Gasteiger partial charge in [0.2, 0.25) is 0 Å². The van der Waals surface area contributed by atoms with Crippen molar-refractivity contribution in [2.75, 3.05) is 13.1 Å². The molecule has 0 unspecified atom stereocenters. The SMILES string of the molecule is CCNC(=NCc1c(C)nn(C)c1C)NCCCc1cn(-c2ccccc2)nc1C.I. The molecule has 0 aliphatic carbocycles. The summed E-state index contributed by atoms with van der Waals surface area (Å²) in [6, 6.07) is 10.2. The van der Waals surface area contributed by atoms with Gasteiger partial charge in [-0.3, -0.25) is 4.68 Å². The molecule has 0 fully saturated rings. The number of hydrogen-bond donors (Lipinski definition) is 2. The Labute approximate surface area is 202 Å². The lowest BCUT2D eigenvalue weighted by Gasteiger charge is -2.11. The smallest absolute Gasteiger partial charge is 0.191 e. The Morgan fingerprint density at radius 2 is 1.77 bits per heavy atom. The fourth-order valence-corrected chi connectivity index (χ4v) is 3.49. The summed E-state index contributed by atoms with van der Waals surface area (Å²) in [7, 11) is 1.97. The highest BCUT2D eigenvalue weighted by Gasteiger charge is 2.09. The molecule has 7 nitrogen and oxygen atoms in total. The number of aliphatic imine (C=N–C) groups is 1. The number of guanidine groups is 1. The molecule has 1 aromatic carbocycles. The number of aryl methyl sites for hydroxylation is 4. The van der Waals surface area contributed by atoms with E-state index in [1.807, 2.05) is 41.5 Å². The van der Waals surface area contributed by atoms with Crippen molar-refractivity contribution in [2.24, 2.45) is 12.0 Å². The molecule has 2 N–H and O–H groups in total.